The fourth-order valence-electron chi connectivity index (χ4n) is 3.08. The Morgan fingerprint density at radius 1 is 1.35 bits per heavy atom. The molecule has 0 bridgehead atoms. The van der Waals surface area contributed by atoms with E-state index in [1.165, 1.54) is 0 Å². The topological polar surface area (TPSA) is 49.0 Å². The van der Waals surface area contributed by atoms with Crippen LogP contribution in [0.5, 0.6) is 0 Å². The number of hydrogen-bond donors (Lipinski definition) is 1. The molecule has 23 heavy (non-hydrogen) atoms. The minimum absolute atomic E-state index is 0.0620. The summed E-state index contributed by atoms with van der Waals surface area (Å²) in [5.74, 6) is 1.03. The molecule has 0 unspecified atom stereocenters. The molecule has 4 nitrogen and oxygen atoms in total. The van der Waals surface area contributed by atoms with Crippen molar-refractivity contribution >= 4 is 29.1 Å². The third-order valence-corrected chi connectivity index (χ3v) is 4.87. The van der Waals surface area contributed by atoms with Crippen molar-refractivity contribution in [1.29, 1.82) is 0 Å². The first-order valence-electron chi connectivity index (χ1n) is 7.88. The average Bonchev–Trinajstić information content (AvgIpc) is 3.08. The summed E-state index contributed by atoms with van der Waals surface area (Å²) in [6.45, 7) is 0.790. The second-order valence-corrected chi connectivity index (χ2v) is 6.65. The first-order valence-corrected chi connectivity index (χ1v) is 8.63. The third-order valence-electron chi connectivity index (χ3n) is 4.28. The van der Waals surface area contributed by atoms with Gasteiger partial charge in [0, 0.05) is 35.4 Å². The van der Waals surface area contributed by atoms with Crippen LogP contribution in [0.4, 0.5) is 0 Å². The van der Waals surface area contributed by atoms with Crippen molar-refractivity contribution in [3.8, 4) is 0 Å². The number of likely N-dealkylation sites (tertiary alicyclic amines) is 1. The lowest BCUT2D eigenvalue weighted by molar-refractivity contribution is -0.135. The molecule has 0 saturated carbocycles. The number of rotatable bonds is 4. The lowest BCUT2D eigenvalue weighted by Crippen LogP contribution is -2.39. The van der Waals surface area contributed by atoms with Gasteiger partial charge in [-0.15, -0.1) is 0 Å². The molecule has 3 rings (SSSR count). The van der Waals surface area contributed by atoms with E-state index < -0.39 is 0 Å². The molecule has 2 aromatic rings. The maximum atomic E-state index is 12.7. The number of imidazole rings is 1. The molecule has 1 aliphatic rings. The van der Waals surface area contributed by atoms with Gasteiger partial charge in [0.25, 0.3) is 0 Å². The zero-order valence-electron chi connectivity index (χ0n) is 12.8. The standard InChI is InChI=1S/C17H19Cl2N3O/c18-13-6-4-12(14(19)11-13)5-7-16(23)22-10-2-1-3-15(22)17-20-8-9-21-17/h4,6,8-9,11,15H,1-3,5,7,10H2,(H,20,21)/t15-/m1/s1. The molecule has 1 aliphatic heterocycles. The molecule has 2 heterocycles. The first-order chi connectivity index (χ1) is 11.1. The van der Waals surface area contributed by atoms with Gasteiger partial charge in [0.1, 0.15) is 5.82 Å². The lowest BCUT2D eigenvalue weighted by atomic mass is 10.00. The molecular formula is C17H19Cl2N3O. The number of aromatic nitrogens is 2. The highest BCUT2D eigenvalue weighted by Crippen LogP contribution is 2.30. The highest BCUT2D eigenvalue weighted by Gasteiger charge is 2.29. The SMILES string of the molecule is O=C(CCc1ccc(Cl)cc1Cl)N1CCCC[C@@H]1c1ncc[nH]1. The van der Waals surface area contributed by atoms with Gasteiger partial charge in [0.05, 0.1) is 6.04 Å². The lowest BCUT2D eigenvalue weighted by Gasteiger charge is -2.34. The van der Waals surface area contributed by atoms with Crippen LogP contribution in [0.2, 0.25) is 10.0 Å². The highest BCUT2D eigenvalue weighted by atomic mass is 35.5. The average molecular weight is 352 g/mol. The normalized spacial score (nSPS) is 18.2. The number of carbonyl (C=O) groups is 1. The molecule has 1 atom stereocenters. The van der Waals surface area contributed by atoms with E-state index in [1.807, 2.05) is 11.0 Å². The van der Waals surface area contributed by atoms with Crippen LogP contribution in [-0.4, -0.2) is 27.3 Å². The zero-order chi connectivity index (χ0) is 16.2. The quantitative estimate of drug-likeness (QED) is 0.886. The predicted octanol–water partition coefficient (Wildman–Crippen LogP) is 4.40. The second-order valence-electron chi connectivity index (χ2n) is 5.81. The van der Waals surface area contributed by atoms with E-state index >= 15 is 0 Å². The number of piperidine rings is 1. The summed E-state index contributed by atoms with van der Waals surface area (Å²) < 4.78 is 0. The van der Waals surface area contributed by atoms with E-state index in [4.69, 9.17) is 23.2 Å². The van der Waals surface area contributed by atoms with Crippen LogP contribution in [0.1, 0.15) is 43.1 Å². The minimum Gasteiger partial charge on any atom is -0.347 e. The summed E-state index contributed by atoms with van der Waals surface area (Å²) in [6, 6.07) is 5.47. The number of nitrogens with zero attached hydrogens (tertiary/aromatic N) is 2. The van der Waals surface area contributed by atoms with Crippen LogP contribution in [0.15, 0.2) is 30.6 Å². The summed E-state index contributed by atoms with van der Waals surface area (Å²) >= 11 is 12.1. The smallest absolute Gasteiger partial charge is 0.223 e. The van der Waals surface area contributed by atoms with Gasteiger partial charge in [-0.1, -0.05) is 29.3 Å². The Kier molecular flexibility index (Phi) is 5.23. The van der Waals surface area contributed by atoms with Gasteiger partial charge in [0.2, 0.25) is 5.91 Å². The van der Waals surface area contributed by atoms with Crippen LogP contribution in [0.3, 0.4) is 0 Å². The summed E-state index contributed by atoms with van der Waals surface area (Å²) in [7, 11) is 0. The number of H-pyrrole nitrogens is 1. The monoisotopic (exact) mass is 351 g/mol. The zero-order valence-corrected chi connectivity index (χ0v) is 14.3. The van der Waals surface area contributed by atoms with Crippen molar-refractivity contribution in [1.82, 2.24) is 14.9 Å². The van der Waals surface area contributed by atoms with Crippen molar-refractivity contribution in [3.05, 3.63) is 52.0 Å². The van der Waals surface area contributed by atoms with Gasteiger partial charge in [0.15, 0.2) is 0 Å². The van der Waals surface area contributed by atoms with Crippen molar-refractivity contribution in [2.45, 2.75) is 38.1 Å². The van der Waals surface area contributed by atoms with Crippen molar-refractivity contribution in [3.63, 3.8) is 0 Å². The van der Waals surface area contributed by atoms with Gasteiger partial charge >= 0.3 is 0 Å². The van der Waals surface area contributed by atoms with E-state index in [-0.39, 0.29) is 11.9 Å². The first kappa shape index (κ1) is 16.3. The summed E-state index contributed by atoms with van der Waals surface area (Å²) in [4.78, 5) is 22.1. The highest BCUT2D eigenvalue weighted by molar-refractivity contribution is 6.35. The number of aryl methyl sites for hydroxylation is 1. The number of hydrogen-bond acceptors (Lipinski definition) is 2. The van der Waals surface area contributed by atoms with Crippen LogP contribution in [-0.2, 0) is 11.2 Å². The molecule has 0 aliphatic carbocycles. The minimum atomic E-state index is 0.0620. The number of amides is 1. The predicted molar refractivity (Wildman–Crippen MR) is 91.7 cm³/mol. The van der Waals surface area contributed by atoms with Crippen LogP contribution >= 0.6 is 23.2 Å². The maximum Gasteiger partial charge on any atom is 0.223 e. The van der Waals surface area contributed by atoms with Crippen molar-refractivity contribution in [2.75, 3.05) is 6.54 Å². The molecule has 1 aromatic heterocycles. The Balaban J connectivity index is 1.66. The van der Waals surface area contributed by atoms with E-state index in [9.17, 15) is 4.79 Å². The van der Waals surface area contributed by atoms with Gasteiger partial charge in [-0.05, 0) is 43.4 Å². The Labute approximate surface area is 145 Å². The molecule has 0 spiro atoms. The molecule has 122 valence electrons. The van der Waals surface area contributed by atoms with Crippen molar-refractivity contribution < 1.29 is 4.79 Å². The van der Waals surface area contributed by atoms with Crippen LogP contribution < -0.4 is 0 Å². The number of halogens is 2. The van der Waals surface area contributed by atoms with E-state index in [0.717, 1.165) is 37.2 Å². The molecule has 6 heteroatoms. The number of aromatic amines is 1. The number of benzene rings is 1. The van der Waals surface area contributed by atoms with Crippen molar-refractivity contribution in [2.24, 2.45) is 0 Å². The van der Waals surface area contributed by atoms with Gasteiger partial charge in [-0.3, -0.25) is 4.79 Å². The maximum absolute atomic E-state index is 12.7. The van der Waals surface area contributed by atoms with E-state index in [1.54, 1.807) is 24.5 Å². The summed E-state index contributed by atoms with van der Waals surface area (Å²) in [6.07, 6.45) is 7.73. The Bertz CT molecular complexity index is 672. The molecule has 1 N–H and O–H groups in total. The van der Waals surface area contributed by atoms with E-state index in [2.05, 4.69) is 9.97 Å². The Morgan fingerprint density at radius 3 is 2.96 bits per heavy atom. The summed E-state index contributed by atoms with van der Waals surface area (Å²) in [5, 5.41) is 1.23. The van der Waals surface area contributed by atoms with Crippen LogP contribution in [0.25, 0.3) is 0 Å². The molecule has 1 saturated heterocycles. The molecule has 1 fully saturated rings. The number of carbonyl (C=O) groups excluding carboxylic acids is 1. The second kappa shape index (κ2) is 7.37. The van der Waals surface area contributed by atoms with Gasteiger partial charge in [-0.25, -0.2) is 4.98 Å². The molecule has 0 radical (unpaired) electrons. The Hall–Kier alpha value is -1.52. The fraction of sp³-hybridized carbons (Fsp3) is 0.412. The fourth-order valence-corrected chi connectivity index (χ4v) is 3.59. The van der Waals surface area contributed by atoms with Gasteiger partial charge < -0.3 is 9.88 Å². The largest absolute Gasteiger partial charge is 0.347 e. The molecule has 1 amide bonds. The third kappa shape index (κ3) is 3.88. The summed E-state index contributed by atoms with van der Waals surface area (Å²) in [5.41, 5.74) is 0.955. The van der Waals surface area contributed by atoms with Gasteiger partial charge in [-0.2, -0.15) is 0 Å². The molecular weight excluding hydrogens is 333 g/mol. The van der Waals surface area contributed by atoms with Crippen LogP contribution in [0, 0.1) is 0 Å². The number of nitrogens with one attached hydrogen (secondary N) is 1. The Morgan fingerprint density at radius 2 is 2.22 bits per heavy atom. The van der Waals surface area contributed by atoms with E-state index in [0.29, 0.717) is 22.9 Å². The molecule has 1 aromatic carbocycles.